The molecule has 0 saturated heterocycles. The van der Waals surface area contributed by atoms with Crippen LogP contribution in [-0.4, -0.2) is 12.0 Å². The van der Waals surface area contributed by atoms with Crippen LogP contribution in [0.25, 0.3) is 0 Å². The SMILES string of the molecule is CCCC(F)(F)Cc1ccc(OC(F)(F)CCC)c(F)c1S(F)(F)(F)(F)F. The molecule has 0 spiro atoms. The fourth-order valence-electron chi connectivity index (χ4n) is 2.45. The Morgan fingerprint density at radius 2 is 1.41 bits per heavy atom. The quantitative estimate of drug-likeness (QED) is 0.354. The highest BCUT2D eigenvalue weighted by molar-refractivity contribution is 8.45. The molecular formula is C15H18F10OS. The minimum absolute atomic E-state index is 0.108. The molecule has 12 heteroatoms. The number of ether oxygens (including phenoxy) is 1. The van der Waals surface area contributed by atoms with E-state index in [1.165, 1.54) is 13.8 Å². The molecule has 0 aromatic heterocycles. The van der Waals surface area contributed by atoms with Crippen molar-refractivity contribution in [1.82, 2.24) is 0 Å². The average molecular weight is 436 g/mol. The smallest absolute Gasteiger partial charge is 0.397 e. The van der Waals surface area contributed by atoms with Crippen LogP contribution in [0.4, 0.5) is 41.4 Å². The largest absolute Gasteiger partial charge is 0.429 e. The van der Waals surface area contributed by atoms with Crippen molar-refractivity contribution >= 4 is 10.2 Å². The van der Waals surface area contributed by atoms with E-state index in [4.69, 9.17) is 0 Å². The van der Waals surface area contributed by atoms with Gasteiger partial charge in [-0.1, -0.05) is 45.8 Å². The van der Waals surface area contributed by atoms with E-state index >= 15 is 0 Å². The summed E-state index contributed by atoms with van der Waals surface area (Å²) in [6, 6.07) is 0.320. The first-order valence-electron chi connectivity index (χ1n) is 7.82. The first-order chi connectivity index (χ1) is 11.8. The Balaban J connectivity index is 3.59. The van der Waals surface area contributed by atoms with Crippen LogP contribution in [0, 0.1) is 5.82 Å². The zero-order valence-electron chi connectivity index (χ0n) is 14.3. The summed E-state index contributed by atoms with van der Waals surface area (Å²) in [5.41, 5.74) is -1.73. The Bertz CT molecular complexity index is 684. The summed E-state index contributed by atoms with van der Waals surface area (Å²) in [6.45, 7) is 2.55. The van der Waals surface area contributed by atoms with Gasteiger partial charge in [0.15, 0.2) is 11.6 Å². The van der Waals surface area contributed by atoms with E-state index in [1.807, 2.05) is 0 Å². The molecule has 1 nitrogen and oxygen atoms in total. The van der Waals surface area contributed by atoms with Crippen LogP contribution in [0.15, 0.2) is 17.0 Å². The third-order valence-corrected chi connectivity index (χ3v) is 4.61. The Kier molecular flexibility index (Phi) is 5.82. The second-order valence-corrected chi connectivity index (χ2v) is 8.45. The molecule has 1 aromatic carbocycles. The highest BCUT2D eigenvalue weighted by Gasteiger charge is 2.69. The van der Waals surface area contributed by atoms with E-state index in [9.17, 15) is 41.4 Å². The molecule has 27 heavy (non-hydrogen) atoms. The van der Waals surface area contributed by atoms with Crippen molar-refractivity contribution in [1.29, 1.82) is 0 Å². The second-order valence-electron chi connectivity index (χ2n) is 6.11. The van der Waals surface area contributed by atoms with Crippen molar-refractivity contribution in [2.45, 2.75) is 62.9 Å². The summed E-state index contributed by atoms with van der Waals surface area (Å²) in [6.07, 6.45) is -8.28. The monoisotopic (exact) mass is 436 g/mol. The first-order valence-corrected chi connectivity index (χ1v) is 9.77. The van der Waals surface area contributed by atoms with Crippen molar-refractivity contribution in [2.24, 2.45) is 0 Å². The molecule has 1 rings (SSSR count). The molecule has 160 valence electrons. The van der Waals surface area contributed by atoms with Gasteiger partial charge in [0.2, 0.25) is 0 Å². The van der Waals surface area contributed by atoms with Crippen LogP contribution in [0.2, 0.25) is 0 Å². The summed E-state index contributed by atoms with van der Waals surface area (Å²) >= 11 is 0. The zero-order chi connectivity index (χ0) is 21.4. The topological polar surface area (TPSA) is 9.23 Å². The molecule has 0 amide bonds. The predicted octanol–water partition coefficient (Wildman–Crippen LogP) is 8.23. The molecule has 0 bridgehead atoms. The van der Waals surface area contributed by atoms with Crippen molar-refractivity contribution in [3.63, 3.8) is 0 Å². The fraction of sp³-hybridized carbons (Fsp3) is 0.600. The van der Waals surface area contributed by atoms with Crippen molar-refractivity contribution < 1.29 is 46.1 Å². The fourth-order valence-corrected chi connectivity index (χ4v) is 3.52. The molecule has 0 aliphatic rings. The molecule has 0 heterocycles. The zero-order valence-corrected chi connectivity index (χ0v) is 15.1. The van der Waals surface area contributed by atoms with E-state index in [0.717, 1.165) is 0 Å². The van der Waals surface area contributed by atoms with Crippen LogP contribution in [0.1, 0.15) is 45.1 Å². The molecule has 0 radical (unpaired) electrons. The Morgan fingerprint density at radius 3 is 1.85 bits per heavy atom. The number of rotatable bonds is 9. The van der Waals surface area contributed by atoms with Gasteiger partial charge in [0, 0.05) is 12.8 Å². The maximum Gasteiger partial charge on any atom is 0.397 e. The Labute approximate surface area is 149 Å². The van der Waals surface area contributed by atoms with Gasteiger partial charge < -0.3 is 4.74 Å². The molecule has 0 saturated carbocycles. The number of halogens is 10. The number of hydrogen-bond acceptors (Lipinski definition) is 1. The van der Waals surface area contributed by atoms with Crippen LogP contribution in [0.3, 0.4) is 0 Å². The lowest BCUT2D eigenvalue weighted by molar-refractivity contribution is -0.182. The average Bonchev–Trinajstić information content (AvgIpc) is 2.38. The van der Waals surface area contributed by atoms with Crippen molar-refractivity contribution in [2.75, 3.05) is 0 Å². The van der Waals surface area contributed by atoms with Gasteiger partial charge in [0.25, 0.3) is 5.92 Å². The van der Waals surface area contributed by atoms with Gasteiger partial charge in [-0.3, -0.25) is 0 Å². The summed E-state index contributed by atoms with van der Waals surface area (Å²) in [5, 5.41) is 0. The highest BCUT2D eigenvalue weighted by Crippen LogP contribution is 3.02. The van der Waals surface area contributed by atoms with E-state index in [2.05, 4.69) is 4.74 Å². The van der Waals surface area contributed by atoms with Crippen LogP contribution >= 0.6 is 10.2 Å². The van der Waals surface area contributed by atoms with Gasteiger partial charge in [-0.05, 0) is 18.1 Å². The number of benzene rings is 1. The standard InChI is InChI=1S/C15H18F10OS/c1-3-7-14(17,18)9-10-5-6-11(26-15(19,20)8-4-2)12(16)13(10)27(21,22,23,24)25/h5-6H,3-4,7-9H2,1-2H3. The molecule has 0 atom stereocenters. The molecule has 0 aliphatic heterocycles. The third-order valence-electron chi connectivity index (χ3n) is 3.39. The molecule has 1 aromatic rings. The molecule has 0 fully saturated rings. The van der Waals surface area contributed by atoms with Gasteiger partial charge in [0.05, 0.1) is 6.42 Å². The van der Waals surface area contributed by atoms with Gasteiger partial charge in [-0.25, -0.2) is 13.2 Å². The molecule has 0 unspecified atom stereocenters. The van der Waals surface area contributed by atoms with Crippen LogP contribution < -0.4 is 4.74 Å². The number of alkyl halides is 4. The van der Waals surface area contributed by atoms with Gasteiger partial charge in [-0.2, -0.15) is 8.78 Å². The van der Waals surface area contributed by atoms with Crippen LogP contribution in [0.5, 0.6) is 5.75 Å². The minimum Gasteiger partial charge on any atom is -0.429 e. The predicted molar refractivity (Wildman–Crippen MR) is 81.8 cm³/mol. The summed E-state index contributed by atoms with van der Waals surface area (Å²) < 4.78 is 138. The lowest BCUT2D eigenvalue weighted by Gasteiger charge is -2.42. The molecular weight excluding hydrogens is 418 g/mol. The van der Waals surface area contributed by atoms with Gasteiger partial charge >= 0.3 is 16.3 Å². The molecule has 0 aliphatic carbocycles. The van der Waals surface area contributed by atoms with E-state index < -0.39 is 63.5 Å². The van der Waals surface area contributed by atoms with Gasteiger partial charge in [0.1, 0.15) is 4.90 Å². The maximum absolute atomic E-state index is 14.2. The van der Waals surface area contributed by atoms with Gasteiger partial charge in [-0.15, -0.1) is 0 Å². The normalized spacial score (nSPS) is 16.0. The Morgan fingerprint density at radius 1 is 0.889 bits per heavy atom. The Hall–Kier alpha value is -1.33. The maximum atomic E-state index is 14.2. The van der Waals surface area contributed by atoms with Crippen LogP contribution in [-0.2, 0) is 6.42 Å². The minimum atomic E-state index is -10.8. The third kappa shape index (κ3) is 6.65. The van der Waals surface area contributed by atoms with E-state index in [-0.39, 0.29) is 25.0 Å². The molecule has 0 N–H and O–H groups in total. The van der Waals surface area contributed by atoms with E-state index in [0.29, 0.717) is 0 Å². The number of hydrogen-bond donors (Lipinski definition) is 0. The first kappa shape index (κ1) is 23.7. The van der Waals surface area contributed by atoms with Crippen molar-refractivity contribution in [3.05, 3.63) is 23.5 Å². The highest BCUT2D eigenvalue weighted by atomic mass is 32.5. The summed E-state index contributed by atoms with van der Waals surface area (Å²) in [7, 11) is -10.8. The lowest BCUT2D eigenvalue weighted by Crippen LogP contribution is -2.26. The lowest BCUT2D eigenvalue weighted by atomic mass is 10.0. The summed E-state index contributed by atoms with van der Waals surface area (Å²) in [5.74, 6) is -8.46. The van der Waals surface area contributed by atoms with E-state index in [1.54, 1.807) is 0 Å². The van der Waals surface area contributed by atoms with Crippen molar-refractivity contribution in [3.8, 4) is 5.75 Å². The summed E-state index contributed by atoms with van der Waals surface area (Å²) in [4.78, 5) is -3.25. The second kappa shape index (κ2) is 6.63.